The van der Waals surface area contributed by atoms with Crippen molar-refractivity contribution in [2.75, 3.05) is 39.6 Å². The van der Waals surface area contributed by atoms with Crippen molar-refractivity contribution in [2.45, 2.75) is 32.2 Å². The largest absolute Gasteiger partial charge is 0.396 e. The minimum absolute atomic E-state index is 0.0463. The van der Waals surface area contributed by atoms with E-state index in [9.17, 15) is 0 Å². The van der Waals surface area contributed by atoms with E-state index < -0.39 is 31.5 Å². The average molecular weight is 332 g/mol. The van der Waals surface area contributed by atoms with Crippen molar-refractivity contribution >= 4 is 0 Å². The number of aliphatic hydroxyl groups is 9. The van der Waals surface area contributed by atoms with Gasteiger partial charge in [0.2, 0.25) is 0 Å². The van der Waals surface area contributed by atoms with Crippen LogP contribution in [0.1, 0.15) is 13.8 Å². The van der Waals surface area contributed by atoms with Gasteiger partial charge in [-0.1, -0.05) is 13.8 Å². The highest BCUT2D eigenvalue weighted by molar-refractivity contribution is 4.62. The second kappa shape index (κ2) is 18.7. The lowest BCUT2D eigenvalue weighted by molar-refractivity contribution is -0.0388. The Labute approximate surface area is 130 Å². The van der Waals surface area contributed by atoms with Crippen molar-refractivity contribution in [2.24, 2.45) is 11.8 Å². The Morgan fingerprint density at radius 3 is 0.909 bits per heavy atom. The molecule has 0 aliphatic rings. The Morgan fingerprint density at radius 2 is 0.818 bits per heavy atom. The van der Waals surface area contributed by atoms with Crippen LogP contribution in [0, 0.1) is 11.8 Å². The maximum absolute atomic E-state index is 8.72. The van der Waals surface area contributed by atoms with Crippen LogP contribution in [0.3, 0.4) is 0 Å². The number of hydrogen-bond donors (Lipinski definition) is 9. The first kappa shape index (κ1) is 26.5. The van der Waals surface area contributed by atoms with Gasteiger partial charge in [0.05, 0.1) is 25.9 Å². The Hall–Kier alpha value is -0.360. The van der Waals surface area contributed by atoms with Crippen LogP contribution in [0.4, 0.5) is 0 Å². The number of aliphatic hydroxyl groups excluding tert-OH is 9. The van der Waals surface area contributed by atoms with E-state index in [0.717, 1.165) is 0 Å². The molecule has 9 nitrogen and oxygen atoms in total. The molecular weight excluding hydrogens is 300 g/mol. The zero-order chi connectivity index (χ0) is 18.1. The quantitative estimate of drug-likeness (QED) is 0.216. The summed E-state index contributed by atoms with van der Waals surface area (Å²) in [5, 5.41) is 74.9. The molecule has 4 unspecified atom stereocenters. The summed E-state index contributed by atoms with van der Waals surface area (Å²) in [6.45, 7) is 2.20. The van der Waals surface area contributed by atoms with Gasteiger partial charge in [0.1, 0.15) is 12.2 Å². The zero-order valence-corrected chi connectivity index (χ0v) is 13.2. The van der Waals surface area contributed by atoms with Gasteiger partial charge in [-0.15, -0.1) is 0 Å². The van der Waals surface area contributed by atoms with E-state index in [1.807, 2.05) is 0 Å². The monoisotopic (exact) mass is 332 g/mol. The predicted octanol–water partition coefficient (Wildman–Crippen LogP) is -3.73. The van der Waals surface area contributed by atoms with Gasteiger partial charge in [0.15, 0.2) is 0 Å². The van der Waals surface area contributed by atoms with Crippen molar-refractivity contribution in [3.8, 4) is 0 Å². The topological polar surface area (TPSA) is 182 Å². The Morgan fingerprint density at radius 1 is 0.500 bits per heavy atom. The van der Waals surface area contributed by atoms with E-state index in [1.165, 1.54) is 0 Å². The predicted molar refractivity (Wildman–Crippen MR) is 78.9 cm³/mol. The van der Waals surface area contributed by atoms with Crippen LogP contribution in [-0.4, -0.2) is 104 Å². The molecule has 0 amide bonds. The molecule has 0 spiro atoms. The Kier molecular flexibility index (Phi) is 22.5. The summed E-state index contributed by atoms with van der Waals surface area (Å²) in [7, 11) is 0. The highest BCUT2D eigenvalue weighted by Crippen LogP contribution is 1.98. The fourth-order valence-corrected chi connectivity index (χ4v) is 0.603. The molecule has 0 radical (unpaired) electrons. The highest BCUT2D eigenvalue weighted by atomic mass is 16.4. The van der Waals surface area contributed by atoms with E-state index in [2.05, 4.69) is 0 Å². The van der Waals surface area contributed by atoms with Gasteiger partial charge in [-0.2, -0.15) is 0 Å². The number of rotatable bonds is 8. The summed E-state index contributed by atoms with van der Waals surface area (Å²) in [5.74, 6) is -0.176. The normalized spacial score (nSPS) is 15.8. The molecule has 0 aromatic rings. The SMILES string of the molecule is CC(CO)C(O)CO.CC(CO)CO.OCC(O)C(O)CO. The second-order valence-electron chi connectivity index (χ2n) is 4.88. The first-order valence-electron chi connectivity index (χ1n) is 6.94. The molecule has 0 saturated heterocycles. The van der Waals surface area contributed by atoms with Crippen LogP contribution in [0.5, 0.6) is 0 Å². The zero-order valence-electron chi connectivity index (χ0n) is 13.2. The Balaban J connectivity index is -0.000000249. The van der Waals surface area contributed by atoms with Gasteiger partial charge in [-0.25, -0.2) is 0 Å². The molecule has 0 aliphatic carbocycles. The van der Waals surface area contributed by atoms with E-state index in [0.29, 0.717) is 0 Å². The smallest absolute Gasteiger partial charge is 0.105 e. The molecule has 0 fully saturated rings. The second-order valence-corrected chi connectivity index (χ2v) is 4.88. The molecule has 4 atom stereocenters. The van der Waals surface area contributed by atoms with Crippen LogP contribution in [0.15, 0.2) is 0 Å². The third kappa shape index (κ3) is 17.7. The molecule has 0 bridgehead atoms. The molecule has 0 aliphatic heterocycles. The lowest BCUT2D eigenvalue weighted by atomic mass is 10.1. The van der Waals surface area contributed by atoms with E-state index in [-0.39, 0.29) is 38.3 Å². The molecule has 9 heteroatoms. The van der Waals surface area contributed by atoms with Gasteiger partial charge < -0.3 is 46.0 Å². The molecule has 0 saturated carbocycles. The fraction of sp³-hybridized carbons (Fsp3) is 1.00. The summed E-state index contributed by atoms with van der Waals surface area (Å²) in [4.78, 5) is 0. The molecular formula is C13H32O9. The fourth-order valence-electron chi connectivity index (χ4n) is 0.603. The van der Waals surface area contributed by atoms with E-state index in [4.69, 9.17) is 46.0 Å². The van der Waals surface area contributed by atoms with Crippen molar-refractivity contribution in [1.29, 1.82) is 0 Å². The molecule has 9 N–H and O–H groups in total. The van der Waals surface area contributed by atoms with Gasteiger partial charge in [0.25, 0.3) is 0 Å². The van der Waals surface area contributed by atoms with E-state index in [1.54, 1.807) is 13.8 Å². The molecule has 138 valence electrons. The minimum atomic E-state index is -1.22. The molecule has 0 rings (SSSR count). The van der Waals surface area contributed by atoms with Crippen LogP contribution >= 0.6 is 0 Å². The van der Waals surface area contributed by atoms with Crippen molar-refractivity contribution in [3.63, 3.8) is 0 Å². The van der Waals surface area contributed by atoms with Crippen LogP contribution in [0.2, 0.25) is 0 Å². The van der Waals surface area contributed by atoms with Crippen molar-refractivity contribution in [1.82, 2.24) is 0 Å². The first-order valence-corrected chi connectivity index (χ1v) is 6.94. The third-order valence-corrected chi connectivity index (χ3v) is 2.57. The van der Waals surface area contributed by atoms with Gasteiger partial charge in [0, 0.05) is 31.7 Å². The lowest BCUT2D eigenvalue weighted by Gasteiger charge is -2.11. The Bertz CT molecular complexity index is 170. The minimum Gasteiger partial charge on any atom is -0.396 e. The molecule has 0 aromatic carbocycles. The molecule has 0 aromatic heterocycles. The van der Waals surface area contributed by atoms with Gasteiger partial charge in [-0.05, 0) is 0 Å². The highest BCUT2D eigenvalue weighted by Gasteiger charge is 2.12. The number of hydrogen-bond acceptors (Lipinski definition) is 9. The molecule has 22 heavy (non-hydrogen) atoms. The lowest BCUT2D eigenvalue weighted by Crippen LogP contribution is -2.31. The maximum Gasteiger partial charge on any atom is 0.105 e. The summed E-state index contributed by atoms with van der Waals surface area (Å²) >= 11 is 0. The van der Waals surface area contributed by atoms with Crippen LogP contribution in [-0.2, 0) is 0 Å². The summed E-state index contributed by atoms with van der Waals surface area (Å²) in [6, 6.07) is 0. The third-order valence-electron chi connectivity index (χ3n) is 2.57. The van der Waals surface area contributed by atoms with Crippen LogP contribution in [0.25, 0.3) is 0 Å². The summed E-state index contributed by atoms with van der Waals surface area (Å²) in [6.07, 6.45) is -3.22. The van der Waals surface area contributed by atoms with Crippen molar-refractivity contribution in [3.05, 3.63) is 0 Å². The van der Waals surface area contributed by atoms with Gasteiger partial charge >= 0.3 is 0 Å². The average Bonchev–Trinajstić information content (AvgIpc) is 2.58. The maximum atomic E-state index is 8.72. The summed E-state index contributed by atoms with van der Waals surface area (Å²) < 4.78 is 0. The first-order chi connectivity index (χ1) is 10.2. The van der Waals surface area contributed by atoms with Crippen molar-refractivity contribution < 1.29 is 46.0 Å². The summed E-state index contributed by atoms with van der Waals surface area (Å²) in [5.41, 5.74) is 0. The standard InChI is InChI=1S/C5H12O3.C4H10O4.C4H10O2/c1-4(2-6)5(8)3-7;5-1-3(7)4(8)2-6;1-4(2-5)3-6/h4-8H,2-3H2,1H3;3-8H,1-2H2;4-6H,2-3H2,1H3. The van der Waals surface area contributed by atoms with Crippen LogP contribution < -0.4 is 0 Å². The molecule has 0 heterocycles. The van der Waals surface area contributed by atoms with Gasteiger partial charge in [-0.3, -0.25) is 0 Å². The van der Waals surface area contributed by atoms with E-state index >= 15 is 0 Å².